The lowest BCUT2D eigenvalue weighted by Crippen LogP contribution is -2.08. The van der Waals surface area contributed by atoms with E-state index in [0.717, 1.165) is 19.3 Å². The van der Waals surface area contributed by atoms with E-state index in [1.54, 1.807) is 24.4 Å². The maximum Gasteiger partial charge on any atom is 0.220 e. The first-order chi connectivity index (χ1) is 14.0. The highest BCUT2D eigenvalue weighted by molar-refractivity contribution is 7.86. The van der Waals surface area contributed by atoms with Crippen LogP contribution < -0.4 is 10.5 Å². The molecule has 1 fully saturated rings. The average Bonchev–Trinajstić information content (AvgIpc) is 3.43. The molecule has 0 aliphatic heterocycles. The number of nitrogens with two attached hydrogens (primary N) is 1. The topological polar surface area (TPSA) is 107 Å². The summed E-state index contributed by atoms with van der Waals surface area (Å²) >= 11 is 13.0. The lowest BCUT2D eigenvalue weighted by molar-refractivity contribution is 0.508. The van der Waals surface area contributed by atoms with Crippen molar-refractivity contribution in [1.82, 2.24) is 15.0 Å². The SMILES string of the molecule is CCCS(=O)Nc1cc(Cl)cc(-c2nc(C3CC3)oc2-c2ccnc(N)n2)c1Cl. The second kappa shape index (κ2) is 8.30. The van der Waals surface area contributed by atoms with Gasteiger partial charge in [-0.2, -0.15) is 0 Å². The third-order valence-corrected chi connectivity index (χ3v) is 6.24. The van der Waals surface area contributed by atoms with E-state index in [0.29, 0.717) is 50.1 Å². The Labute approximate surface area is 180 Å². The van der Waals surface area contributed by atoms with Gasteiger partial charge in [-0.25, -0.2) is 19.2 Å². The van der Waals surface area contributed by atoms with Crippen molar-refractivity contribution < 1.29 is 8.63 Å². The standard InChI is InChI=1S/C19H19Cl2N5O2S/c1-2-7-29(27)26-14-9-11(20)8-12(15(14)21)16-17(13-5-6-23-19(22)24-13)28-18(25-16)10-3-4-10/h5-6,8-10,26H,2-4,7H2,1H3,(H2,22,23,24). The Kier molecular flexibility index (Phi) is 5.76. The summed E-state index contributed by atoms with van der Waals surface area (Å²) in [7, 11) is -1.26. The molecule has 0 saturated heterocycles. The number of anilines is 2. The Balaban J connectivity index is 1.84. The first kappa shape index (κ1) is 20.1. The van der Waals surface area contributed by atoms with Crippen molar-refractivity contribution in [2.75, 3.05) is 16.2 Å². The molecular formula is C19H19Cl2N5O2S. The van der Waals surface area contributed by atoms with Crippen LogP contribution in [0.15, 0.2) is 28.8 Å². The van der Waals surface area contributed by atoms with Crippen LogP contribution in [0.5, 0.6) is 0 Å². The minimum absolute atomic E-state index is 0.132. The molecule has 0 radical (unpaired) electrons. The molecule has 1 saturated carbocycles. The highest BCUT2D eigenvalue weighted by Crippen LogP contribution is 2.46. The average molecular weight is 452 g/mol. The van der Waals surface area contributed by atoms with Crippen molar-refractivity contribution in [3.63, 3.8) is 0 Å². The highest BCUT2D eigenvalue weighted by atomic mass is 35.5. The fourth-order valence-electron chi connectivity index (χ4n) is 2.89. The van der Waals surface area contributed by atoms with Gasteiger partial charge in [0.25, 0.3) is 0 Å². The molecule has 1 aromatic carbocycles. The summed E-state index contributed by atoms with van der Waals surface area (Å²) in [6.07, 6.45) is 4.38. The number of hydrogen-bond acceptors (Lipinski definition) is 6. The van der Waals surface area contributed by atoms with Gasteiger partial charge in [-0.15, -0.1) is 0 Å². The summed E-state index contributed by atoms with van der Waals surface area (Å²) in [5.74, 6) is 2.00. The van der Waals surface area contributed by atoms with E-state index in [-0.39, 0.29) is 11.9 Å². The Hall–Kier alpha value is -2.16. The normalized spacial score (nSPS) is 14.7. The summed E-state index contributed by atoms with van der Waals surface area (Å²) in [4.78, 5) is 12.9. The number of nitrogens with zero attached hydrogens (tertiary/aromatic N) is 3. The summed E-state index contributed by atoms with van der Waals surface area (Å²) in [5, 5.41) is 0.794. The van der Waals surface area contributed by atoms with Crippen LogP contribution in [-0.2, 0) is 11.0 Å². The van der Waals surface area contributed by atoms with Crippen molar-refractivity contribution in [2.45, 2.75) is 32.1 Å². The lowest BCUT2D eigenvalue weighted by atomic mass is 10.1. The molecule has 0 spiro atoms. The molecule has 1 aliphatic rings. The molecule has 3 aromatic rings. The number of halogens is 2. The van der Waals surface area contributed by atoms with Gasteiger partial charge in [0, 0.05) is 28.5 Å². The number of rotatable bonds is 7. The molecule has 2 heterocycles. The maximum absolute atomic E-state index is 12.2. The molecule has 1 unspecified atom stereocenters. The molecule has 10 heteroatoms. The van der Waals surface area contributed by atoms with Crippen molar-refractivity contribution in [3.8, 4) is 22.7 Å². The third kappa shape index (κ3) is 4.39. The number of oxazole rings is 1. The number of aromatic nitrogens is 3. The first-order valence-corrected chi connectivity index (χ1v) is 11.3. The van der Waals surface area contributed by atoms with Gasteiger partial charge in [0.1, 0.15) is 22.4 Å². The Morgan fingerprint density at radius 3 is 2.79 bits per heavy atom. The fraction of sp³-hybridized carbons (Fsp3) is 0.316. The molecule has 2 aromatic heterocycles. The number of benzene rings is 1. The third-order valence-electron chi connectivity index (χ3n) is 4.38. The van der Waals surface area contributed by atoms with E-state index >= 15 is 0 Å². The minimum Gasteiger partial charge on any atom is -0.438 e. The molecule has 29 heavy (non-hydrogen) atoms. The predicted molar refractivity (Wildman–Crippen MR) is 116 cm³/mol. The Bertz CT molecular complexity index is 1080. The van der Waals surface area contributed by atoms with Gasteiger partial charge < -0.3 is 14.9 Å². The molecule has 0 amide bonds. The van der Waals surface area contributed by atoms with Crippen molar-refractivity contribution in [3.05, 3.63) is 40.3 Å². The van der Waals surface area contributed by atoms with E-state index in [9.17, 15) is 4.21 Å². The molecule has 0 bridgehead atoms. The molecule has 152 valence electrons. The molecule has 7 nitrogen and oxygen atoms in total. The van der Waals surface area contributed by atoms with Gasteiger partial charge in [-0.05, 0) is 37.5 Å². The zero-order chi connectivity index (χ0) is 20.5. The second-order valence-electron chi connectivity index (χ2n) is 6.77. The van der Waals surface area contributed by atoms with Gasteiger partial charge in [0.05, 0.1) is 10.7 Å². The number of nitrogen functional groups attached to an aromatic ring is 1. The number of nitrogens with one attached hydrogen (secondary N) is 1. The smallest absolute Gasteiger partial charge is 0.220 e. The number of hydrogen-bond donors (Lipinski definition) is 2. The van der Waals surface area contributed by atoms with Crippen LogP contribution in [0.25, 0.3) is 22.7 Å². The summed E-state index contributed by atoms with van der Waals surface area (Å²) in [5.41, 5.74) is 7.82. The largest absolute Gasteiger partial charge is 0.438 e. The van der Waals surface area contributed by atoms with Crippen LogP contribution in [0, 0.1) is 0 Å². The fourth-order valence-corrected chi connectivity index (χ4v) is 4.29. The van der Waals surface area contributed by atoms with Gasteiger partial charge in [-0.3, -0.25) is 0 Å². The highest BCUT2D eigenvalue weighted by Gasteiger charge is 2.32. The van der Waals surface area contributed by atoms with E-state index in [4.69, 9.17) is 38.3 Å². The maximum atomic E-state index is 12.2. The van der Waals surface area contributed by atoms with Crippen LogP contribution in [0.1, 0.15) is 38.0 Å². The van der Waals surface area contributed by atoms with Crippen LogP contribution in [0.3, 0.4) is 0 Å². The van der Waals surface area contributed by atoms with Crippen LogP contribution >= 0.6 is 23.2 Å². The first-order valence-electron chi connectivity index (χ1n) is 9.20. The summed E-state index contributed by atoms with van der Waals surface area (Å²) < 4.78 is 21.2. The Morgan fingerprint density at radius 2 is 2.10 bits per heavy atom. The molecule has 3 N–H and O–H groups in total. The molecular weight excluding hydrogens is 433 g/mol. The van der Waals surface area contributed by atoms with Crippen LogP contribution in [0.2, 0.25) is 10.0 Å². The van der Waals surface area contributed by atoms with E-state index in [1.807, 2.05) is 6.92 Å². The minimum atomic E-state index is -1.26. The second-order valence-corrected chi connectivity index (χ2v) is 8.89. The molecule has 4 rings (SSSR count). The zero-order valence-electron chi connectivity index (χ0n) is 15.6. The Morgan fingerprint density at radius 1 is 1.31 bits per heavy atom. The van der Waals surface area contributed by atoms with Gasteiger partial charge in [0.2, 0.25) is 5.95 Å². The van der Waals surface area contributed by atoms with Crippen molar-refractivity contribution in [1.29, 1.82) is 0 Å². The van der Waals surface area contributed by atoms with Gasteiger partial charge in [-0.1, -0.05) is 30.1 Å². The summed E-state index contributed by atoms with van der Waals surface area (Å²) in [6.45, 7) is 1.96. The lowest BCUT2D eigenvalue weighted by Gasteiger charge is -2.12. The molecule has 1 aliphatic carbocycles. The van der Waals surface area contributed by atoms with E-state index < -0.39 is 11.0 Å². The zero-order valence-corrected chi connectivity index (χ0v) is 17.9. The van der Waals surface area contributed by atoms with Crippen LogP contribution in [-0.4, -0.2) is 24.9 Å². The van der Waals surface area contributed by atoms with E-state index in [1.165, 1.54) is 0 Å². The van der Waals surface area contributed by atoms with E-state index in [2.05, 4.69) is 14.7 Å². The van der Waals surface area contributed by atoms with Crippen LogP contribution in [0.4, 0.5) is 11.6 Å². The summed E-state index contributed by atoms with van der Waals surface area (Å²) in [6, 6.07) is 5.05. The van der Waals surface area contributed by atoms with Crippen molar-refractivity contribution in [2.24, 2.45) is 0 Å². The van der Waals surface area contributed by atoms with Gasteiger partial charge in [0.15, 0.2) is 11.7 Å². The van der Waals surface area contributed by atoms with Crippen molar-refractivity contribution >= 4 is 45.8 Å². The monoisotopic (exact) mass is 451 g/mol. The predicted octanol–water partition coefficient (Wildman–Crippen LogP) is 5.05. The molecule has 1 atom stereocenters. The van der Waals surface area contributed by atoms with Gasteiger partial charge >= 0.3 is 0 Å². The quantitative estimate of drug-likeness (QED) is 0.520.